The van der Waals surface area contributed by atoms with Crippen molar-refractivity contribution < 1.29 is 19.4 Å². The number of rotatable bonds is 6. The molecule has 3 rings (SSSR count). The summed E-state index contributed by atoms with van der Waals surface area (Å²) in [4.78, 5) is 13.5. The number of hydrogen-bond donors (Lipinski definition) is 1. The van der Waals surface area contributed by atoms with Crippen LogP contribution in [0.25, 0.3) is 16.8 Å². The van der Waals surface area contributed by atoms with Gasteiger partial charge in [0.25, 0.3) is 0 Å². The molecule has 0 unspecified atom stereocenters. The van der Waals surface area contributed by atoms with Crippen LogP contribution in [0.5, 0.6) is 5.75 Å². The number of carboxylic acid groups (broad SMARTS) is 1. The van der Waals surface area contributed by atoms with Crippen molar-refractivity contribution in [2.24, 2.45) is 0 Å². The minimum atomic E-state index is -1.25. The Kier molecular flexibility index (Phi) is 5.84. The molecule has 0 aromatic heterocycles. The van der Waals surface area contributed by atoms with Gasteiger partial charge in [-0.15, -0.1) is 0 Å². The first-order chi connectivity index (χ1) is 12.7. The van der Waals surface area contributed by atoms with Gasteiger partial charge in [-0.05, 0) is 22.9 Å². The molecule has 1 aliphatic heterocycles. The van der Waals surface area contributed by atoms with Gasteiger partial charge in [-0.25, -0.2) is 4.79 Å². The lowest BCUT2D eigenvalue weighted by molar-refractivity contribution is -0.132. The Morgan fingerprint density at radius 2 is 2.04 bits per heavy atom. The van der Waals surface area contributed by atoms with Gasteiger partial charge in [0.05, 0.1) is 13.2 Å². The molecule has 2 aromatic carbocycles. The van der Waals surface area contributed by atoms with Gasteiger partial charge in [-0.1, -0.05) is 30.3 Å². The summed E-state index contributed by atoms with van der Waals surface area (Å²) in [6.45, 7) is 4.47. The third-order valence-electron chi connectivity index (χ3n) is 4.34. The van der Waals surface area contributed by atoms with Crippen LogP contribution in [0.3, 0.4) is 0 Å². The molecule has 6 nitrogen and oxygen atoms in total. The highest BCUT2D eigenvalue weighted by atomic mass is 16.5. The molecule has 26 heavy (non-hydrogen) atoms. The van der Waals surface area contributed by atoms with Crippen molar-refractivity contribution in [2.75, 3.05) is 39.5 Å². The number of fused-ring (bicyclic) bond motifs is 1. The Morgan fingerprint density at radius 1 is 1.27 bits per heavy atom. The van der Waals surface area contributed by atoms with Crippen LogP contribution in [0.2, 0.25) is 0 Å². The van der Waals surface area contributed by atoms with E-state index in [4.69, 9.17) is 14.7 Å². The maximum atomic E-state index is 11.3. The van der Waals surface area contributed by atoms with E-state index in [9.17, 15) is 9.90 Å². The first kappa shape index (κ1) is 17.9. The van der Waals surface area contributed by atoms with E-state index in [1.807, 2.05) is 36.4 Å². The molecule has 1 aliphatic rings. The van der Waals surface area contributed by atoms with Gasteiger partial charge in [-0.2, -0.15) is 5.26 Å². The Bertz CT molecular complexity index is 864. The van der Waals surface area contributed by atoms with Gasteiger partial charge in [0.1, 0.15) is 24.0 Å². The number of nitrogens with zero attached hydrogens (tertiary/aromatic N) is 2. The molecule has 0 spiro atoms. The second-order valence-corrected chi connectivity index (χ2v) is 5.98. The van der Waals surface area contributed by atoms with Gasteiger partial charge in [-0.3, -0.25) is 4.90 Å². The largest absolute Gasteiger partial charge is 0.492 e. The standard InChI is InChI=1S/C20H20N2O4/c21-14-16(20(23)24)13-18-17-4-2-1-3-15(17)5-6-19(18)26-12-9-22-7-10-25-11-8-22/h1-6,13H,7-12H2,(H,23,24). The summed E-state index contributed by atoms with van der Waals surface area (Å²) in [6, 6.07) is 13.1. The second-order valence-electron chi connectivity index (χ2n) is 5.98. The van der Waals surface area contributed by atoms with Gasteiger partial charge in [0.15, 0.2) is 0 Å². The molecular formula is C20H20N2O4. The van der Waals surface area contributed by atoms with E-state index in [0.29, 0.717) is 17.9 Å². The molecule has 1 N–H and O–H groups in total. The maximum absolute atomic E-state index is 11.3. The minimum absolute atomic E-state index is 0.320. The summed E-state index contributed by atoms with van der Waals surface area (Å²) < 4.78 is 11.3. The number of nitriles is 1. The molecule has 1 fully saturated rings. The summed E-state index contributed by atoms with van der Waals surface area (Å²) in [6.07, 6.45) is 1.38. The fourth-order valence-electron chi connectivity index (χ4n) is 2.95. The van der Waals surface area contributed by atoms with Crippen LogP contribution in [0.4, 0.5) is 0 Å². The average Bonchev–Trinajstić information content (AvgIpc) is 2.67. The summed E-state index contributed by atoms with van der Waals surface area (Å²) in [5.41, 5.74) is 0.295. The molecule has 0 radical (unpaired) electrons. The van der Waals surface area contributed by atoms with Crippen LogP contribution >= 0.6 is 0 Å². The van der Waals surface area contributed by atoms with Gasteiger partial charge >= 0.3 is 5.97 Å². The van der Waals surface area contributed by atoms with Crippen LogP contribution in [0.1, 0.15) is 5.56 Å². The molecule has 0 aliphatic carbocycles. The number of hydrogen-bond acceptors (Lipinski definition) is 5. The zero-order chi connectivity index (χ0) is 18.4. The molecule has 134 valence electrons. The monoisotopic (exact) mass is 352 g/mol. The van der Waals surface area contributed by atoms with Gasteiger partial charge in [0.2, 0.25) is 0 Å². The quantitative estimate of drug-likeness (QED) is 0.635. The number of carbonyl (C=O) groups is 1. The predicted octanol–water partition coefficient (Wildman–Crippen LogP) is 2.54. The SMILES string of the molecule is N#CC(=Cc1c(OCCN2CCOCC2)ccc2ccccc12)C(=O)O. The summed E-state index contributed by atoms with van der Waals surface area (Å²) in [5, 5.41) is 20.1. The topological polar surface area (TPSA) is 82.8 Å². The third-order valence-corrected chi connectivity index (χ3v) is 4.34. The highest BCUT2D eigenvalue weighted by molar-refractivity contribution is 6.01. The van der Waals surface area contributed by atoms with Crippen molar-refractivity contribution in [2.45, 2.75) is 0 Å². The van der Waals surface area contributed by atoms with E-state index in [-0.39, 0.29) is 5.57 Å². The van der Waals surface area contributed by atoms with E-state index in [1.54, 1.807) is 6.07 Å². The molecular weight excluding hydrogens is 332 g/mol. The first-order valence-electron chi connectivity index (χ1n) is 8.49. The smallest absolute Gasteiger partial charge is 0.346 e. The fourth-order valence-corrected chi connectivity index (χ4v) is 2.95. The molecule has 6 heteroatoms. The van der Waals surface area contributed by atoms with Crippen LogP contribution in [-0.2, 0) is 9.53 Å². The molecule has 2 aromatic rings. The summed E-state index contributed by atoms with van der Waals surface area (Å²) in [7, 11) is 0. The minimum Gasteiger partial charge on any atom is -0.492 e. The highest BCUT2D eigenvalue weighted by Gasteiger charge is 2.14. The normalized spacial score (nSPS) is 15.6. The number of ether oxygens (including phenoxy) is 2. The van der Waals surface area contributed by atoms with Crippen LogP contribution in [-0.4, -0.2) is 55.4 Å². The molecule has 1 heterocycles. The van der Waals surface area contributed by atoms with E-state index < -0.39 is 5.97 Å². The van der Waals surface area contributed by atoms with Crippen molar-refractivity contribution in [1.82, 2.24) is 4.90 Å². The lowest BCUT2D eigenvalue weighted by atomic mass is 10.0. The van der Waals surface area contributed by atoms with E-state index >= 15 is 0 Å². The number of aliphatic carboxylic acids is 1. The second kappa shape index (κ2) is 8.48. The van der Waals surface area contributed by atoms with Crippen molar-refractivity contribution in [3.05, 3.63) is 47.5 Å². The predicted molar refractivity (Wildman–Crippen MR) is 97.9 cm³/mol. The summed E-state index contributed by atoms with van der Waals surface area (Å²) in [5.74, 6) is -0.675. The zero-order valence-corrected chi connectivity index (χ0v) is 14.4. The van der Waals surface area contributed by atoms with Crippen LogP contribution < -0.4 is 4.74 Å². The van der Waals surface area contributed by atoms with E-state index in [0.717, 1.165) is 43.6 Å². The van der Waals surface area contributed by atoms with Crippen molar-refractivity contribution >= 4 is 22.8 Å². The molecule has 0 saturated carbocycles. The number of morpholine rings is 1. The lowest BCUT2D eigenvalue weighted by Crippen LogP contribution is -2.38. The number of carboxylic acids is 1. The summed E-state index contributed by atoms with van der Waals surface area (Å²) >= 11 is 0. The van der Waals surface area contributed by atoms with Crippen LogP contribution in [0, 0.1) is 11.3 Å². The third kappa shape index (κ3) is 4.20. The molecule has 1 saturated heterocycles. The Hall–Kier alpha value is -2.88. The molecule has 0 amide bonds. The van der Waals surface area contributed by atoms with E-state index in [2.05, 4.69) is 4.90 Å². The van der Waals surface area contributed by atoms with Crippen molar-refractivity contribution in [1.29, 1.82) is 5.26 Å². The Labute approximate surface area is 151 Å². The van der Waals surface area contributed by atoms with E-state index in [1.165, 1.54) is 6.08 Å². The number of benzene rings is 2. The molecule has 0 bridgehead atoms. The Morgan fingerprint density at radius 3 is 2.77 bits per heavy atom. The highest BCUT2D eigenvalue weighted by Crippen LogP contribution is 2.30. The van der Waals surface area contributed by atoms with Crippen LogP contribution in [0.15, 0.2) is 42.0 Å². The maximum Gasteiger partial charge on any atom is 0.346 e. The first-order valence-corrected chi connectivity index (χ1v) is 8.49. The molecule has 0 atom stereocenters. The Balaban J connectivity index is 1.87. The zero-order valence-electron chi connectivity index (χ0n) is 14.4. The van der Waals surface area contributed by atoms with Crippen molar-refractivity contribution in [3.63, 3.8) is 0 Å². The van der Waals surface area contributed by atoms with Gasteiger partial charge < -0.3 is 14.6 Å². The fraction of sp³-hybridized carbons (Fsp3) is 0.300. The van der Waals surface area contributed by atoms with Gasteiger partial charge in [0, 0.05) is 25.2 Å². The average molecular weight is 352 g/mol. The lowest BCUT2D eigenvalue weighted by Gasteiger charge is -2.26. The van der Waals surface area contributed by atoms with Crippen molar-refractivity contribution in [3.8, 4) is 11.8 Å².